The molecule has 0 atom stereocenters. The van der Waals surface area contributed by atoms with Crippen molar-refractivity contribution in [1.29, 1.82) is 0 Å². The first-order valence-electron chi connectivity index (χ1n) is 7.80. The minimum atomic E-state index is -3.44. The summed E-state index contributed by atoms with van der Waals surface area (Å²) in [6.45, 7) is 3.04. The third kappa shape index (κ3) is 4.72. The Labute approximate surface area is 143 Å². The van der Waals surface area contributed by atoms with Crippen molar-refractivity contribution < 1.29 is 17.9 Å². The van der Waals surface area contributed by atoms with E-state index in [0.29, 0.717) is 19.0 Å². The molecule has 2 rings (SSSR count). The van der Waals surface area contributed by atoms with Crippen LogP contribution in [0.15, 0.2) is 53.4 Å². The highest BCUT2D eigenvalue weighted by Crippen LogP contribution is 2.20. The molecular formula is C18H23NO4S. The Kier molecular flexibility index (Phi) is 6.23. The standard InChI is InChI=1S/C18H23NO4S/c1-4-12-22-16-8-10-17(11-9-16)23-14-15-6-5-7-18(13-15)24(20,21)19(2)3/h5-11,13H,4,12,14H2,1-3H3. The minimum Gasteiger partial charge on any atom is -0.494 e. The van der Waals surface area contributed by atoms with Crippen LogP contribution in [0, 0.1) is 0 Å². The number of benzene rings is 2. The van der Waals surface area contributed by atoms with Gasteiger partial charge in [0.15, 0.2) is 0 Å². The van der Waals surface area contributed by atoms with Crippen LogP contribution in [-0.2, 0) is 16.6 Å². The Morgan fingerprint density at radius 2 is 1.58 bits per heavy atom. The van der Waals surface area contributed by atoms with Gasteiger partial charge >= 0.3 is 0 Å². The van der Waals surface area contributed by atoms with Gasteiger partial charge in [-0.2, -0.15) is 0 Å². The molecule has 0 saturated carbocycles. The first-order valence-corrected chi connectivity index (χ1v) is 9.24. The van der Waals surface area contributed by atoms with Crippen molar-refractivity contribution >= 4 is 10.0 Å². The van der Waals surface area contributed by atoms with Crippen LogP contribution in [0.25, 0.3) is 0 Å². The van der Waals surface area contributed by atoms with Gasteiger partial charge in [-0.15, -0.1) is 0 Å². The lowest BCUT2D eigenvalue weighted by Gasteiger charge is -2.13. The summed E-state index contributed by atoms with van der Waals surface area (Å²) < 4.78 is 36.7. The average Bonchev–Trinajstić information content (AvgIpc) is 2.59. The maximum absolute atomic E-state index is 12.2. The van der Waals surface area contributed by atoms with Crippen LogP contribution in [0.2, 0.25) is 0 Å². The van der Waals surface area contributed by atoms with E-state index in [0.717, 1.165) is 17.7 Å². The summed E-state index contributed by atoms with van der Waals surface area (Å²) in [5.41, 5.74) is 0.796. The molecule has 0 aromatic heterocycles. The molecule has 130 valence electrons. The molecule has 0 radical (unpaired) electrons. The zero-order valence-electron chi connectivity index (χ0n) is 14.2. The zero-order chi connectivity index (χ0) is 17.6. The highest BCUT2D eigenvalue weighted by atomic mass is 32.2. The molecule has 0 aliphatic carbocycles. The van der Waals surface area contributed by atoms with E-state index in [1.165, 1.54) is 18.4 Å². The maximum Gasteiger partial charge on any atom is 0.242 e. The van der Waals surface area contributed by atoms with Crippen molar-refractivity contribution in [3.8, 4) is 11.5 Å². The second kappa shape index (κ2) is 8.17. The van der Waals surface area contributed by atoms with Crippen LogP contribution in [0.1, 0.15) is 18.9 Å². The predicted molar refractivity (Wildman–Crippen MR) is 93.9 cm³/mol. The molecule has 2 aromatic carbocycles. The average molecular weight is 349 g/mol. The summed E-state index contributed by atoms with van der Waals surface area (Å²) >= 11 is 0. The summed E-state index contributed by atoms with van der Waals surface area (Å²) in [7, 11) is -0.406. The van der Waals surface area contributed by atoms with Gasteiger partial charge in [0.1, 0.15) is 18.1 Å². The molecule has 24 heavy (non-hydrogen) atoms. The van der Waals surface area contributed by atoms with Gasteiger partial charge in [-0.25, -0.2) is 12.7 Å². The highest BCUT2D eigenvalue weighted by molar-refractivity contribution is 7.89. The highest BCUT2D eigenvalue weighted by Gasteiger charge is 2.17. The van der Waals surface area contributed by atoms with Gasteiger partial charge < -0.3 is 9.47 Å². The van der Waals surface area contributed by atoms with Crippen molar-refractivity contribution in [2.45, 2.75) is 24.8 Å². The first-order chi connectivity index (χ1) is 11.4. The lowest BCUT2D eigenvalue weighted by atomic mass is 10.2. The SMILES string of the molecule is CCCOc1ccc(OCc2cccc(S(=O)(=O)N(C)C)c2)cc1. The normalized spacial score (nSPS) is 11.5. The van der Waals surface area contributed by atoms with Crippen LogP contribution < -0.4 is 9.47 Å². The Hall–Kier alpha value is -2.05. The van der Waals surface area contributed by atoms with Gasteiger partial charge in [-0.3, -0.25) is 0 Å². The predicted octanol–water partition coefficient (Wildman–Crippen LogP) is 3.30. The summed E-state index contributed by atoms with van der Waals surface area (Å²) in [5.74, 6) is 1.52. The molecule has 6 heteroatoms. The van der Waals surface area contributed by atoms with Crippen molar-refractivity contribution in [3.63, 3.8) is 0 Å². The lowest BCUT2D eigenvalue weighted by molar-refractivity contribution is 0.301. The van der Waals surface area contributed by atoms with Crippen molar-refractivity contribution in [1.82, 2.24) is 4.31 Å². The van der Waals surface area contributed by atoms with Crippen molar-refractivity contribution in [2.24, 2.45) is 0 Å². The van der Waals surface area contributed by atoms with E-state index in [2.05, 4.69) is 6.92 Å². The number of ether oxygens (including phenoxy) is 2. The number of sulfonamides is 1. The molecule has 0 spiro atoms. The molecular weight excluding hydrogens is 326 g/mol. The fourth-order valence-electron chi connectivity index (χ4n) is 2.03. The van der Waals surface area contributed by atoms with Crippen molar-refractivity contribution in [3.05, 3.63) is 54.1 Å². The van der Waals surface area contributed by atoms with E-state index in [-0.39, 0.29) is 4.90 Å². The van der Waals surface area contributed by atoms with Crippen LogP contribution in [0.3, 0.4) is 0 Å². The largest absolute Gasteiger partial charge is 0.494 e. The third-order valence-electron chi connectivity index (χ3n) is 3.38. The van der Waals surface area contributed by atoms with E-state index in [4.69, 9.17) is 9.47 Å². The summed E-state index contributed by atoms with van der Waals surface area (Å²) in [6, 6.07) is 14.2. The Balaban J connectivity index is 2.02. The molecule has 2 aromatic rings. The molecule has 0 saturated heterocycles. The second-order valence-electron chi connectivity index (χ2n) is 5.54. The Morgan fingerprint density at radius 3 is 2.17 bits per heavy atom. The minimum absolute atomic E-state index is 0.261. The molecule has 0 bridgehead atoms. The number of hydrogen-bond donors (Lipinski definition) is 0. The van der Waals surface area contributed by atoms with E-state index < -0.39 is 10.0 Å². The quantitative estimate of drug-likeness (QED) is 0.734. The van der Waals surface area contributed by atoms with Crippen LogP contribution >= 0.6 is 0 Å². The summed E-state index contributed by atoms with van der Waals surface area (Å²) in [6.07, 6.45) is 0.963. The van der Waals surface area contributed by atoms with Gasteiger partial charge in [0.25, 0.3) is 0 Å². The van der Waals surface area contributed by atoms with E-state index in [1.54, 1.807) is 18.2 Å². The molecule has 5 nitrogen and oxygen atoms in total. The molecule has 0 heterocycles. The number of hydrogen-bond acceptors (Lipinski definition) is 4. The Bertz CT molecular complexity index is 755. The lowest BCUT2D eigenvalue weighted by Crippen LogP contribution is -2.22. The summed E-state index contributed by atoms with van der Waals surface area (Å²) in [4.78, 5) is 0.261. The second-order valence-corrected chi connectivity index (χ2v) is 7.70. The smallest absolute Gasteiger partial charge is 0.242 e. The van der Waals surface area contributed by atoms with Gasteiger partial charge in [0.2, 0.25) is 10.0 Å². The molecule has 0 aliphatic rings. The fourth-order valence-corrected chi connectivity index (χ4v) is 3.00. The van der Waals surface area contributed by atoms with Gasteiger partial charge in [-0.05, 0) is 48.4 Å². The van der Waals surface area contributed by atoms with Gasteiger partial charge in [0, 0.05) is 14.1 Å². The molecule has 0 amide bonds. The van der Waals surface area contributed by atoms with Crippen molar-refractivity contribution in [2.75, 3.05) is 20.7 Å². The fraction of sp³-hybridized carbons (Fsp3) is 0.333. The van der Waals surface area contributed by atoms with E-state index >= 15 is 0 Å². The van der Waals surface area contributed by atoms with Gasteiger partial charge in [0.05, 0.1) is 11.5 Å². The molecule has 0 unspecified atom stereocenters. The first kappa shape index (κ1) is 18.3. The van der Waals surface area contributed by atoms with Crippen LogP contribution in [0.4, 0.5) is 0 Å². The number of nitrogens with zero attached hydrogens (tertiary/aromatic N) is 1. The number of rotatable bonds is 8. The third-order valence-corrected chi connectivity index (χ3v) is 5.19. The van der Waals surface area contributed by atoms with E-state index in [9.17, 15) is 8.42 Å². The topological polar surface area (TPSA) is 55.8 Å². The zero-order valence-corrected chi connectivity index (χ0v) is 15.0. The molecule has 0 N–H and O–H groups in total. The van der Waals surface area contributed by atoms with Crippen LogP contribution in [-0.4, -0.2) is 33.4 Å². The monoisotopic (exact) mass is 349 g/mol. The molecule has 0 fully saturated rings. The maximum atomic E-state index is 12.2. The molecule has 0 aliphatic heterocycles. The summed E-state index contributed by atoms with van der Waals surface area (Å²) in [5, 5.41) is 0. The van der Waals surface area contributed by atoms with Crippen LogP contribution in [0.5, 0.6) is 11.5 Å². The Morgan fingerprint density at radius 1 is 0.958 bits per heavy atom. The van der Waals surface area contributed by atoms with E-state index in [1.807, 2.05) is 30.3 Å². The van der Waals surface area contributed by atoms with Gasteiger partial charge in [-0.1, -0.05) is 19.1 Å².